The van der Waals surface area contributed by atoms with Crippen LogP contribution in [0, 0.1) is 0 Å². The van der Waals surface area contributed by atoms with Crippen LogP contribution in [0.25, 0.3) is 0 Å². The van der Waals surface area contributed by atoms with Crippen molar-refractivity contribution in [2.24, 2.45) is 21.7 Å². The van der Waals surface area contributed by atoms with Gasteiger partial charge in [-0.3, -0.25) is 0 Å². The van der Waals surface area contributed by atoms with Gasteiger partial charge in [-0.15, -0.1) is 17.5 Å². The molecular formula is C8H8Cl4N4. The Morgan fingerprint density at radius 2 is 1.69 bits per heavy atom. The third-order valence-electron chi connectivity index (χ3n) is 1.44. The summed E-state index contributed by atoms with van der Waals surface area (Å²) in [7, 11) is 0. The van der Waals surface area contributed by atoms with Crippen LogP contribution in [0.1, 0.15) is 5.56 Å². The maximum atomic E-state index is 5.90. The summed E-state index contributed by atoms with van der Waals surface area (Å²) in [5, 5.41) is 8.10. The van der Waals surface area contributed by atoms with Gasteiger partial charge in [-0.05, 0) is 12.1 Å². The van der Waals surface area contributed by atoms with Crippen LogP contribution in [-0.4, -0.2) is 12.2 Å². The summed E-state index contributed by atoms with van der Waals surface area (Å²) < 4.78 is 0. The van der Waals surface area contributed by atoms with Crippen LogP contribution in [0.3, 0.4) is 0 Å². The molecule has 0 atom stereocenters. The fraction of sp³-hybridized carbons (Fsp3) is 0. The minimum Gasteiger partial charge on any atom is -0.369 e. The summed E-state index contributed by atoms with van der Waals surface area (Å²) in [4.78, 5) is 0. The molecule has 1 aromatic rings. The van der Waals surface area contributed by atoms with Crippen LogP contribution >= 0.6 is 47.2 Å². The lowest BCUT2D eigenvalue weighted by Crippen LogP contribution is -2.21. The average molecular weight is 302 g/mol. The SMILES string of the molecule is Cl.NC(N)=NN=Cc1c(Cl)ccc(Cl)c1Cl. The van der Waals surface area contributed by atoms with Crippen molar-refractivity contribution >= 4 is 59.4 Å². The van der Waals surface area contributed by atoms with Gasteiger partial charge in [0.05, 0.1) is 21.3 Å². The third-order valence-corrected chi connectivity index (χ3v) is 2.59. The van der Waals surface area contributed by atoms with E-state index in [4.69, 9.17) is 46.3 Å². The second-order valence-electron chi connectivity index (χ2n) is 2.53. The van der Waals surface area contributed by atoms with Crippen molar-refractivity contribution < 1.29 is 0 Å². The second kappa shape index (κ2) is 6.81. The quantitative estimate of drug-likeness (QED) is 0.381. The second-order valence-corrected chi connectivity index (χ2v) is 3.72. The van der Waals surface area contributed by atoms with E-state index in [0.29, 0.717) is 20.6 Å². The van der Waals surface area contributed by atoms with Crippen molar-refractivity contribution in [1.29, 1.82) is 0 Å². The van der Waals surface area contributed by atoms with E-state index in [9.17, 15) is 0 Å². The first-order chi connectivity index (χ1) is 7.02. The van der Waals surface area contributed by atoms with Crippen LogP contribution < -0.4 is 11.5 Å². The van der Waals surface area contributed by atoms with Crippen LogP contribution in [0.2, 0.25) is 15.1 Å². The Balaban J connectivity index is 0.00000225. The molecule has 0 amide bonds. The summed E-state index contributed by atoms with van der Waals surface area (Å²) in [5.74, 6) is -0.152. The minimum absolute atomic E-state index is 0. The number of nitrogens with zero attached hydrogens (tertiary/aromatic N) is 2. The fourth-order valence-corrected chi connectivity index (χ4v) is 1.45. The van der Waals surface area contributed by atoms with Gasteiger partial charge >= 0.3 is 0 Å². The Hall–Kier alpha value is -0.680. The lowest BCUT2D eigenvalue weighted by Gasteiger charge is -2.01. The van der Waals surface area contributed by atoms with Gasteiger partial charge in [-0.1, -0.05) is 34.8 Å². The molecule has 0 spiro atoms. The van der Waals surface area contributed by atoms with E-state index in [1.165, 1.54) is 6.21 Å². The van der Waals surface area contributed by atoms with E-state index in [1.807, 2.05) is 0 Å². The molecule has 0 aromatic heterocycles. The third kappa shape index (κ3) is 4.06. The zero-order chi connectivity index (χ0) is 11.4. The fourth-order valence-electron chi connectivity index (χ4n) is 0.814. The molecule has 16 heavy (non-hydrogen) atoms. The van der Waals surface area contributed by atoms with Crippen LogP contribution in [-0.2, 0) is 0 Å². The number of guanidine groups is 1. The first-order valence-electron chi connectivity index (χ1n) is 3.78. The summed E-state index contributed by atoms with van der Waals surface area (Å²) >= 11 is 17.6. The van der Waals surface area contributed by atoms with Gasteiger partial charge in [0, 0.05) is 5.56 Å². The number of nitrogens with two attached hydrogens (primary N) is 2. The van der Waals surface area contributed by atoms with E-state index < -0.39 is 0 Å². The molecule has 0 aliphatic heterocycles. The highest BCUT2D eigenvalue weighted by atomic mass is 35.5. The Morgan fingerprint density at radius 1 is 1.12 bits per heavy atom. The molecular weight excluding hydrogens is 294 g/mol. The molecule has 8 heteroatoms. The Bertz CT molecular complexity index is 426. The van der Waals surface area contributed by atoms with Gasteiger partial charge in [0.1, 0.15) is 0 Å². The molecule has 4 N–H and O–H groups in total. The van der Waals surface area contributed by atoms with Crippen molar-refractivity contribution in [1.82, 2.24) is 0 Å². The van der Waals surface area contributed by atoms with E-state index in [-0.39, 0.29) is 18.4 Å². The predicted octanol–water partition coefficient (Wildman–Crippen LogP) is 2.68. The first-order valence-corrected chi connectivity index (χ1v) is 4.91. The zero-order valence-corrected chi connectivity index (χ0v) is 10.9. The highest BCUT2D eigenvalue weighted by Gasteiger charge is 2.06. The van der Waals surface area contributed by atoms with Crippen molar-refractivity contribution in [2.45, 2.75) is 0 Å². The highest BCUT2D eigenvalue weighted by molar-refractivity contribution is 6.45. The lowest BCUT2D eigenvalue weighted by molar-refractivity contribution is 1.21. The number of hydrogen-bond donors (Lipinski definition) is 2. The Kier molecular flexibility index (Phi) is 6.52. The van der Waals surface area contributed by atoms with E-state index in [1.54, 1.807) is 12.1 Å². The minimum atomic E-state index is -0.152. The van der Waals surface area contributed by atoms with Crippen LogP contribution in [0.5, 0.6) is 0 Å². The molecule has 0 fully saturated rings. The maximum absolute atomic E-state index is 5.90. The molecule has 0 bridgehead atoms. The molecule has 0 saturated carbocycles. The van der Waals surface area contributed by atoms with Gasteiger partial charge in [0.15, 0.2) is 0 Å². The van der Waals surface area contributed by atoms with Gasteiger partial charge in [0.2, 0.25) is 5.96 Å². The number of hydrogen-bond acceptors (Lipinski definition) is 2. The molecule has 0 aliphatic carbocycles. The molecule has 4 nitrogen and oxygen atoms in total. The topological polar surface area (TPSA) is 76.8 Å². The molecule has 1 aromatic carbocycles. The summed E-state index contributed by atoms with van der Waals surface area (Å²) in [6.45, 7) is 0. The number of rotatable bonds is 2. The van der Waals surface area contributed by atoms with E-state index in [0.717, 1.165) is 0 Å². The molecule has 0 heterocycles. The van der Waals surface area contributed by atoms with E-state index in [2.05, 4.69) is 10.2 Å². The Morgan fingerprint density at radius 3 is 2.25 bits per heavy atom. The van der Waals surface area contributed by atoms with E-state index >= 15 is 0 Å². The van der Waals surface area contributed by atoms with Gasteiger partial charge in [-0.25, -0.2) is 0 Å². The van der Waals surface area contributed by atoms with Crippen LogP contribution in [0.15, 0.2) is 22.3 Å². The molecule has 0 aliphatic rings. The number of halogens is 4. The molecule has 88 valence electrons. The van der Waals surface area contributed by atoms with Crippen LogP contribution in [0.4, 0.5) is 0 Å². The largest absolute Gasteiger partial charge is 0.369 e. The summed E-state index contributed by atoms with van der Waals surface area (Å²) in [6, 6.07) is 3.19. The van der Waals surface area contributed by atoms with Gasteiger partial charge in [0.25, 0.3) is 0 Å². The van der Waals surface area contributed by atoms with Crippen molar-refractivity contribution in [3.63, 3.8) is 0 Å². The average Bonchev–Trinajstić information content (AvgIpc) is 2.17. The monoisotopic (exact) mass is 300 g/mol. The smallest absolute Gasteiger partial charge is 0.211 e. The van der Waals surface area contributed by atoms with Gasteiger partial charge < -0.3 is 11.5 Å². The molecule has 0 radical (unpaired) electrons. The van der Waals surface area contributed by atoms with Crippen molar-refractivity contribution in [3.8, 4) is 0 Å². The standard InChI is InChI=1S/C8H7Cl3N4.ClH/c9-5-1-2-6(10)7(11)4(5)3-14-15-8(12)13;/h1-3H,(H4,12,13,15);1H. The predicted molar refractivity (Wildman–Crippen MR) is 72.1 cm³/mol. The Labute approximate surface area is 114 Å². The van der Waals surface area contributed by atoms with Gasteiger partial charge in [-0.2, -0.15) is 5.10 Å². The maximum Gasteiger partial charge on any atom is 0.211 e. The zero-order valence-electron chi connectivity index (χ0n) is 7.82. The first kappa shape index (κ1) is 15.3. The lowest BCUT2D eigenvalue weighted by atomic mass is 10.2. The highest BCUT2D eigenvalue weighted by Crippen LogP contribution is 2.29. The molecule has 0 unspecified atom stereocenters. The van der Waals surface area contributed by atoms with Crippen molar-refractivity contribution in [3.05, 3.63) is 32.8 Å². The summed E-state index contributed by atoms with van der Waals surface area (Å²) in [6.07, 6.45) is 1.33. The van der Waals surface area contributed by atoms with Crippen molar-refractivity contribution in [2.75, 3.05) is 0 Å². The molecule has 1 rings (SSSR count). The summed E-state index contributed by atoms with van der Waals surface area (Å²) in [5.41, 5.74) is 10.6. The number of benzene rings is 1. The molecule has 0 saturated heterocycles. The normalized spacial score (nSPS) is 9.94.